The molecule has 2 aromatic carbocycles. The van der Waals surface area contributed by atoms with Gasteiger partial charge in [0.1, 0.15) is 0 Å². The van der Waals surface area contributed by atoms with Crippen molar-refractivity contribution in [1.29, 1.82) is 0 Å². The number of nitrogens with zero attached hydrogens (tertiary/aromatic N) is 3. The van der Waals surface area contributed by atoms with Gasteiger partial charge in [0.25, 0.3) is 0 Å². The molecule has 1 heterocycles. The highest BCUT2D eigenvalue weighted by atomic mass is 15.4. The molecular weight excluding hydrogens is 260 g/mol. The Hall–Kier alpha value is -2.20. The summed E-state index contributed by atoms with van der Waals surface area (Å²) in [7, 11) is 0. The molecule has 3 aromatic rings. The fourth-order valence-corrected chi connectivity index (χ4v) is 2.39. The smallest absolute Gasteiger partial charge is 0.0969 e. The third-order valence-electron chi connectivity index (χ3n) is 3.41. The Morgan fingerprint density at radius 2 is 1.90 bits per heavy atom. The molecule has 0 unspecified atom stereocenters. The first kappa shape index (κ1) is 13.8. The van der Waals surface area contributed by atoms with Crippen molar-refractivity contribution in [3.05, 3.63) is 54.4 Å². The van der Waals surface area contributed by atoms with Crippen LogP contribution in [0.3, 0.4) is 0 Å². The Morgan fingerprint density at radius 1 is 1.10 bits per heavy atom. The molecule has 108 valence electrons. The van der Waals surface area contributed by atoms with Gasteiger partial charge in [0.15, 0.2) is 0 Å². The van der Waals surface area contributed by atoms with E-state index >= 15 is 0 Å². The molecule has 3 rings (SSSR count). The molecule has 0 fully saturated rings. The van der Waals surface area contributed by atoms with Crippen molar-refractivity contribution in [2.24, 2.45) is 5.92 Å². The summed E-state index contributed by atoms with van der Waals surface area (Å²) < 4.78 is 1.86. The van der Waals surface area contributed by atoms with E-state index in [1.807, 2.05) is 16.9 Å². The Kier molecular flexibility index (Phi) is 3.97. The van der Waals surface area contributed by atoms with Crippen molar-refractivity contribution in [3.63, 3.8) is 0 Å². The van der Waals surface area contributed by atoms with Crippen molar-refractivity contribution in [2.45, 2.75) is 20.4 Å². The molecule has 0 saturated carbocycles. The van der Waals surface area contributed by atoms with Gasteiger partial charge in [-0.25, -0.2) is 4.68 Å². The Bertz CT molecular complexity index is 725. The van der Waals surface area contributed by atoms with Crippen LogP contribution in [0.15, 0.2) is 48.7 Å². The van der Waals surface area contributed by atoms with E-state index in [9.17, 15) is 0 Å². The van der Waals surface area contributed by atoms with Crippen molar-refractivity contribution in [1.82, 2.24) is 20.3 Å². The topological polar surface area (TPSA) is 42.7 Å². The predicted octanol–water partition coefficient (Wildman–Crippen LogP) is 3.17. The third-order valence-corrected chi connectivity index (χ3v) is 3.41. The fraction of sp³-hybridized carbons (Fsp3) is 0.294. The number of hydrogen-bond acceptors (Lipinski definition) is 3. The zero-order chi connectivity index (χ0) is 14.7. The van der Waals surface area contributed by atoms with Crippen LogP contribution in [0.2, 0.25) is 0 Å². The molecule has 4 heteroatoms. The summed E-state index contributed by atoms with van der Waals surface area (Å²) in [6.45, 7) is 6.13. The molecule has 0 bridgehead atoms. The molecule has 1 N–H and O–H groups in total. The van der Waals surface area contributed by atoms with Crippen molar-refractivity contribution in [2.75, 3.05) is 6.54 Å². The summed E-state index contributed by atoms with van der Waals surface area (Å²) in [6.07, 6.45) is 2.00. The van der Waals surface area contributed by atoms with E-state index in [0.717, 1.165) is 24.5 Å². The molecule has 1 aromatic heterocycles. The maximum Gasteiger partial charge on any atom is 0.0969 e. The zero-order valence-corrected chi connectivity index (χ0v) is 12.5. The van der Waals surface area contributed by atoms with Crippen LogP contribution in [0.1, 0.15) is 19.5 Å². The minimum Gasteiger partial charge on any atom is -0.311 e. The minimum absolute atomic E-state index is 0.637. The van der Waals surface area contributed by atoms with E-state index in [1.165, 1.54) is 10.8 Å². The van der Waals surface area contributed by atoms with Crippen LogP contribution in [-0.4, -0.2) is 21.5 Å². The van der Waals surface area contributed by atoms with Crippen LogP contribution in [0.5, 0.6) is 0 Å². The molecule has 0 amide bonds. The summed E-state index contributed by atoms with van der Waals surface area (Å²) in [5.41, 5.74) is 2.03. The van der Waals surface area contributed by atoms with E-state index in [2.05, 4.69) is 65.9 Å². The lowest BCUT2D eigenvalue weighted by Gasteiger charge is -2.05. The molecular formula is C17H20N4. The average molecular weight is 280 g/mol. The quantitative estimate of drug-likeness (QED) is 0.780. The molecule has 0 radical (unpaired) electrons. The van der Waals surface area contributed by atoms with E-state index in [1.54, 1.807) is 0 Å². The molecule has 0 aliphatic carbocycles. The first-order valence-corrected chi connectivity index (χ1v) is 7.34. The molecule has 0 aliphatic rings. The van der Waals surface area contributed by atoms with Crippen molar-refractivity contribution >= 4 is 10.8 Å². The van der Waals surface area contributed by atoms with Gasteiger partial charge in [0.05, 0.1) is 17.6 Å². The van der Waals surface area contributed by atoms with Gasteiger partial charge < -0.3 is 5.32 Å². The van der Waals surface area contributed by atoms with Crippen molar-refractivity contribution < 1.29 is 0 Å². The summed E-state index contributed by atoms with van der Waals surface area (Å²) >= 11 is 0. The maximum absolute atomic E-state index is 4.26. The molecule has 0 aliphatic heterocycles. The molecule has 4 nitrogen and oxygen atoms in total. The van der Waals surface area contributed by atoms with Crippen LogP contribution in [0.25, 0.3) is 16.5 Å². The van der Waals surface area contributed by atoms with Gasteiger partial charge in [-0.15, -0.1) is 5.10 Å². The maximum atomic E-state index is 4.26. The van der Waals surface area contributed by atoms with Crippen LogP contribution >= 0.6 is 0 Å². The van der Waals surface area contributed by atoms with Gasteiger partial charge in [-0.1, -0.05) is 55.5 Å². The van der Waals surface area contributed by atoms with Gasteiger partial charge in [0, 0.05) is 11.9 Å². The highest BCUT2D eigenvalue weighted by molar-refractivity contribution is 5.89. The van der Waals surface area contributed by atoms with Crippen LogP contribution in [0, 0.1) is 5.92 Å². The van der Waals surface area contributed by atoms with Gasteiger partial charge in [0.2, 0.25) is 0 Å². The summed E-state index contributed by atoms with van der Waals surface area (Å²) in [5, 5.41) is 14.3. The summed E-state index contributed by atoms with van der Waals surface area (Å²) in [5.74, 6) is 0.637. The molecule has 0 atom stereocenters. The largest absolute Gasteiger partial charge is 0.311 e. The SMILES string of the molecule is CC(C)CNCc1cn(-c2cccc3ccccc23)nn1. The molecule has 21 heavy (non-hydrogen) atoms. The lowest BCUT2D eigenvalue weighted by atomic mass is 10.1. The Morgan fingerprint density at radius 3 is 2.76 bits per heavy atom. The fourth-order valence-electron chi connectivity index (χ4n) is 2.39. The number of aromatic nitrogens is 3. The van der Waals surface area contributed by atoms with E-state index in [-0.39, 0.29) is 0 Å². The Labute approximate surface area is 124 Å². The van der Waals surface area contributed by atoms with Crippen LogP contribution < -0.4 is 5.32 Å². The average Bonchev–Trinajstić information content (AvgIpc) is 2.95. The normalized spacial score (nSPS) is 11.4. The molecule has 0 spiro atoms. The lowest BCUT2D eigenvalue weighted by molar-refractivity contribution is 0.548. The second-order valence-electron chi connectivity index (χ2n) is 5.68. The predicted molar refractivity (Wildman–Crippen MR) is 85.4 cm³/mol. The van der Waals surface area contributed by atoms with E-state index in [4.69, 9.17) is 0 Å². The van der Waals surface area contributed by atoms with E-state index in [0.29, 0.717) is 5.92 Å². The molecule has 0 saturated heterocycles. The van der Waals surface area contributed by atoms with Gasteiger partial charge >= 0.3 is 0 Å². The monoisotopic (exact) mass is 280 g/mol. The lowest BCUT2D eigenvalue weighted by Crippen LogP contribution is -2.19. The number of fused-ring (bicyclic) bond motifs is 1. The summed E-state index contributed by atoms with van der Waals surface area (Å²) in [4.78, 5) is 0. The number of benzene rings is 2. The second-order valence-corrected chi connectivity index (χ2v) is 5.68. The number of nitrogens with one attached hydrogen (secondary N) is 1. The first-order chi connectivity index (χ1) is 10.2. The zero-order valence-electron chi connectivity index (χ0n) is 12.5. The highest BCUT2D eigenvalue weighted by Crippen LogP contribution is 2.21. The highest BCUT2D eigenvalue weighted by Gasteiger charge is 2.06. The van der Waals surface area contributed by atoms with Crippen LogP contribution in [0.4, 0.5) is 0 Å². The van der Waals surface area contributed by atoms with Crippen molar-refractivity contribution in [3.8, 4) is 5.69 Å². The summed E-state index contributed by atoms with van der Waals surface area (Å²) in [6, 6.07) is 14.6. The second kappa shape index (κ2) is 6.06. The van der Waals surface area contributed by atoms with E-state index < -0.39 is 0 Å². The van der Waals surface area contributed by atoms with Gasteiger partial charge in [-0.3, -0.25) is 0 Å². The third kappa shape index (κ3) is 3.11. The Balaban J connectivity index is 1.85. The van der Waals surface area contributed by atoms with Crippen LogP contribution in [-0.2, 0) is 6.54 Å². The number of rotatable bonds is 5. The minimum atomic E-state index is 0.637. The standard InChI is InChI=1S/C17H20N4/c1-13(2)10-18-11-15-12-21(20-19-15)17-9-5-7-14-6-3-4-8-16(14)17/h3-9,12-13,18H,10-11H2,1-2H3. The van der Waals surface area contributed by atoms with Gasteiger partial charge in [-0.05, 0) is 23.9 Å². The van der Waals surface area contributed by atoms with Gasteiger partial charge in [-0.2, -0.15) is 0 Å². The number of hydrogen-bond donors (Lipinski definition) is 1. The first-order valence-electron chi connectivity index (χ1n) is 7.34.